The van der Waals surface area contributed by atoms with Crippen molar-refractivity contribution < 1.29 is 13.9 Å². The van der Waals surface area contributed by atoms with E-state index in [1.807, 2.05) is 0 Å². The largest absolute Gasteiger partial charge is 0.436 e. The SMILES string of the molecule is O=COc1ccc2nc(-c3cc(Cl)cc(Cl)c3)oc2c1. The van der Waals surface area contributed by atoms with E-state index in [0.29, 0.717) is 44.8 Å². The van der Waals surface area contributed by atoms with Crippen molar-refractivity contribution in [3.63, 3.8) is 0 Å². The monoisotopic (exact) mass is 307 g/mol. The quantitative estimate of drug-likeness (QED) is 0.675. The van der Waals surface area contributed by atoms with Crippen LogP contribution in [0.4, 0.5) is 0 Å². The summed E-state index contributed by atoms with van der Waals surface area (Å²) in [5.74, 6) is 0.784. The summed E-state index contributed by atoms with van der Waals surface area (Å²) >= 11 is 11.9. The molecule has 0 fully saturated rings. The van der Waals surface area contributed by atoms with E-state index in [0.717, 1.165) is 0 Å². The van der Waals surface area contributed by atoms with Crippen molar-refractivity contribution in [2.45, 2.75) is 0 Å². The van der Waals surface area contributed by atoms with Gasteiger partial charge in [0.25, 0.3) is 6.47 Å². The Bertz CT molecular complexity index is 778. The van der Waals surface area contributed by atoms with Crippen LogP contribution in [0, 0.1) is 0 Å². The molecule has 1 heterocycles. The third kappa shape index (κ3) is 2.48. The molecule has 20 heavy (non-hydrogen) atoms. The summed E-state index contributed by atoms with van der Waals surface area (Å²) in [7, 11) is 0. The maximum atomic E-state index is 10.3. The highest BCUT2D eigenvalue weighted by Crippen LogP contribution is 2.30. The first kappa shape index (κ1) is 13.0. The Morgan fingerprint density at radius 2 is 1.85 bits per heavy atom. The maximum Gasteiger partial charge on any atom is 0.298 e. The number of carbonyl (C=O) groups is 1. The predicted octanol–water partition coefficient (Wildman–Crippen LogP) is 4.34. The van der Waals surface area contributed by atoms with Crippen LogP contribution in [0.1, 0.15) is 0 Å². The van der Waals surface area contributed by atoms with Crippen LogP contribution in [0.15, 0.2) is 40.8 Å². The highest BCUT2D eigenvalue weighted by Gasteiger charge is 2.10. The number of rotatable bonds is 3. The molecule has 0 bridgehead atoms. The Morgan fingerprint density at radius 1 is 1.10 bits per heavy atom. The fourth-order valence-corrected chi connectivity index (χ4v) is 2.36. The van der Waals surface area contributed by atoms with Crippen LogP contribution in [-0.4, -0.2) is 11.5 Å². The minimum atomic E-state index is 0.356. The second kappa shape index (κ2) is 5.15. The standard InChI is InChI=1S/C14H7Cl2NO3/c15-9-3-8(4-10(16)5-9)14-17-12-2-1-11(19-7-18)6-13(12)20-14/h1-7H. The van der Waals surface area contributed by atoms with Gasteiger partial charge in [0.2, 0.25) is 5.89 Å². The minimum Gasteiger partial charge on any atom is -0.436 e. The number of nitrogens with zero attached hydrogens (tertiary/aromatic N) is 1. The number of halogens is 2. The number of benzene rings is 2. The molecule has 0 radical (unpaired) electrons. The molecule has 4 nitrogen and oxygen atoms in total. The van der Waals surface area contributed by atoms with Gasteiger partial charge in [-0.25, -0.2) is 4.98 Å². The summed E-state index contributed by atoms with van der Waals surface area (Å²) in [6, 6.07) is 9.97. The molecule has 6 heteroatoms. The molecule has 0 saturated carbocycles. The summed E-state index contributed by atoms with van der Waals surface area (Å²) in [5, 5.41) is 1.000. The predicted molar refractivity (Wildman–Crippen MR) is 76.2 cm³/mol. The van der Waals surface area contributed by atoms with E-state index in [9.17, 15) is 4.79 Å². The number of oxazole rings is 1. The first-order chi connectivity index (χ1) is 9.65. The second-order valence-electron chi connectivity index (χ2n) is 4.02. The Kier molecular flexibility index (Phi) is 3.34. The van der Waals surface area contributed by atoms with Gasteiger partial charge in [-0.15, -0.1) is 0 Å². The van der Waals surface area contributed by atoms with Crippen LogP contribution >= 0.6 is 23.2 Å². The van der Waals surface area contributed by atoms with E-state index in [-0.39, 0.29) is 0 Å². The molecular formula is C14H7Cl2NO3. The van der Waals surface area contributed by atoms with Crippen molar-refractivity contribution in [1.29, 1.82) is 0 Å². The summed E-state index contributed by atoms with van der Waals surface area (Å²) in [4.78, 5) is 14.7. The van der Waals surface area contributed by atoms with Crippen molar-refractivity contribution in [3.8, 4) is 17.2 Å². The third-order valence-electron chi connectivity index (χ3n) is 2.65. The van der Waals surface area contributed by atoms with Crippen LogP contribution in [0.5, 0.6) is 5.75 Å². The lowest BCUT2D eigenvalue weighted by Gasteiger charge is -1.97. The van der Waals surface area contributed by atoms with Crippen molar-refractivity contribution >= 4 is 40.8 Å². The molecule has 100 valence electrons. The molecule has 0 atom stereocenters. The van der Waals surface area contributed by atoms with Crippen LogP contribution in [0.3, 0.4) is 0 Å². The molecule has 0 N–H and O–H groups in total. The number of aromatic nitrogens is 1. The Labute approximate surface area is 123 Å². The first-order valence-corrected chi connectivity index (χ1v) is 6.38. The van der Waals surface area contributed by atoms with Crippen LogP contribution in [0.2, 0.25) is 10.0 Å². The summed E-state index contributed by atoms with van der Waals surface area (Å²) in [5.41, 5.74) is 1.83. The van der Waals surface area contributed by atoms with Gasteiger partial charge in [-0.3, -0.25) is 4.79 Å². The fraction of sp³-hybridized carbons (Fsp3) is 0. The zero-order valence-corrected chi connectivity index (χ0v) is 11.5. The van der Waals surface area contributed by atoms with Gasteiger partial charge in [0.1, 0.15) is 11.3 Å². The third-order valence-corrected chi connectivity index (χ3v) is 3.09. The molecule has 3 aromatic rings. The summed E-state index contributed by atoms with van der Waals surface area (Å²) < 4.78 is 10.4. The highest BCUT2D eigenvalue weighted by molar-refractivity contribution is 6.35. The number of ether oxygens (including phenoxy) is 1. The van der Waals surface area contributed by atoms with Gasteiger partial charge in [0.05, 0.1) is 0 Å². The van der Waals surface area contributed by atoms with E-state index in [2.05, 4.69) is 4.98 Å². The topological polar surface area (TPSA) is 52.3 Å². The van der Waals surface area contributed by atoms with Crippen molar-refractivity contribution in [1.82, 2.24) is 4.98 Å². The lowest BCUT2D eigenvalue weighted by atomic mass is 10.2. The molecule has 0 aliphatic rings. The van der Waals surface area contributed by atoms with Crippen LogP contribution < -0.4 is 4.74 Å². The maximum absolute atomic E-state index is 10.3. The highest BCUT2D eigenvalue weighted by atomic mass is 35.5. The molecule has 1 aromatic heterocycles. The van der Waals surface area contributed by atoms with Gasteiger partial charge in [-0.1, -0.05) is 23.2 Å². The average molecular weight is 308 g/mol. The molecule has 0 amide bonds. The van der Waals surface area contributed by atoms with Crippen molar-refractivity contribution in [2.24, 2.45) is 0 Å². The van der Waals surface area contributed by atoms with E-state index in [1.54, 1.807) is 36.4 Å². The minimum absolute atomic E-state index is 0.356. The Hall–Kier alpha value is -2.04. The molecule has 0 aliphatic carbocycles. The molecule has 0 unspecified atom stereocenters. The van der Waals surface area contributed by atoms with Gasteiger partial charge in [0.15, 0.2) is 5.58 Å². The number of carbonyl (C=O) groups excluding carboxylic acids is 1. The lowest BCUT2D eigenvalue weighted by Crippen LogP contribution is -1.86. The Balaban J connectivity index is 2.10. The van der Waals surface area contributed by atoms with Crippen LogP contribution in [-0.2, 0) is 4.79 Å². The fourth-order valence-electron chi connectivity index (χ4n) is 1.83. The van der Waals surface area contributed by atoms with Gasteiger partial charge < -0.3 is 9.15 Å². The van der Waals surface area contributed by atoms with E-state index in [4.69, 9.17) is 32.4 Å². The van der Waals surface area contributed by atoms with Crippen molar-refractivity contribution in [2.75, 3.05) is 0 Å². The van der Waals surface area contributed by atoms with E-state index >= 15 is 0 Å². The number of hydrogen-bond acceptors (Lipinski definition) is 4. The average Bonchev–Trinajstić information content (AvgIpc) is 2.81. The summed E-state index contributed by atoms with van der Waals surface area (Å²) in [6.45, 7) is 0.356. The molecule has 3 rings (SSSR count). The molecule has 0 saturated heterocycles. The van der Waals surface area contributed by atoms with Crippen molar-refractivity contribution in [3.05, 3.63) is 46.4 Å². The summed E-state index contributed by atoms with van der Waals surface area (Å²) in [6.07, 6.45) is 0. The van der Waals surface area contributed by atoms with E-state index < -0.39 is 0 Å². The second-order valence-corrected chi connectivity index (χ2v) is 4.89. The smallest absolute Gasteiger partial charge is 0.298 e. The van der Waals surface area contributed by atoms with Gasteiger partial charge in [-0.05, 0) is 30.3 Å². The number of hydrogen-bond donors (Lipinski definition) is 0. The Morgan fingerprint density at radius 3 is 2.55 bits per heavy atom. The van der Waals surface area contributed by atoms with E-state index in [1.165, 1.54) is 0 Å². The van der Waals surface area contributed by atoms with Gasteiger partial charge in [-0.2, -0.15) is 0 Å². The zero-order chi connectivity index (χ0) is 14.1. The zero-order valence-electron chi connectivity index (χ0n) is 9.97. The normalized spacial score (nSPS) is 10.7. The number of fused-ring (bicyclic) bond motifs is 1. The van der Waals surface area contributed by atoms with Gasteiger partial charge >= 0.3 is 0 Å². The molecule has 0 aliphatic heterocycles. The molecule has 2 aromatic carbocycles. The lowest BCUT2D eigenvalue weighted by molar-refractivity contribution is -0.120. The molecule has 0 spiro atoms. The van der Waals surface area contributed by atoms with Crippen LogP contribution in [0.25, 0.3) is 22.6 Å². The first-order valence-electron chi connectivity index (χ1n) is 5.63. The molecular weight excluding hydrogens is 301 g/mol. The van der Waals surface area contributed by atoms with Gasteiger partial charge in [0, 0.05) is 21.7 Å².